The molecule has 1 aliphatic carbocycles. The van der Waals surface area contributed by atoms with Gasteiger partial charge in [-0.3, -0.25) is 39.1 Å². The Morgan fingerprint density at radius 1 is 0.391 bits per heavy atom. The lowest BCUT2D eigenvalue weighted by Crippen LogP contribution is -2.53. The summed E-state index contributed by atoms with van der Waals surface area (Å²) < 4.78 is -0.938. The fraction of sp³-hybridized carbons (Fsp3) is 0.0909. The van der Waals surface area contributed by atoms with Crippen molar-refractivity contribution >= 4 is 103 Å². The second-order valence-corrected chi connectivity index (χ2v) is 31.3. The zero-order chi connectivity index (χ0) is 74.7. The Labute approximate surface area is 649 Å². The van der Waals surface area contributed by atoms with E-state index >= 15 is 0 Å². The highest BCUT2D eigenvalue weighted by molar-refractivity contribution is 8.20. The van der Waals surface area contributed by atoms with Crippen LogP contribution in [0, 0.1) is 6.92 Å². The molecule has 2 unspecified atom stereocenters. The number of thiazole rings is 2. The van der Waals surface area contributed by atoms with Gasteiger partial charge in [0.1, 0.15) is 42.3 Å². The Balaban J connectivity index is 0.647. The summed E-state index contributed by atoms with van der Waals surface area (Å²) in [7, 11) is 0. The molecule has 534 valence electrons. The predicted molar refractivity (Wildman–Crippen MR) is 439 cm³/mol. The van der Waals surface area contributed by atoms with Gasteiger partial charge in [-0.15, -0.1) is 22.7 Å². The molecular weight excluding hydrogens is 1450 g/mol. The summed E-state index contributed by atoms with van der Waals surface area (Å²) in [6, 6.07) is 82.4. The third-order valence-corrected chi connectivity index (χ3v) is 24.5. The molecule has 0 saturated carbocycles. The van der Waals surface area contributed by atoms with E-state index in [1.165, 1.54) is 12.4 Å². The zero-order valence-corrected chi connectivity index (χ0v) is 62.3. The van der Waals surface area contributed by atoms with E-state index in [1.54, 1.807) is 82.9 Å². The summed E-state index contributed by atoms with van der Waals surface area (Å²) >= 11 is 6.52. The van der Waals surface area contributed by atoms with E-state index in [-0.39, 0.29) is 24.0 Å². The van der Waals surface area contributed by atoms with Crippen LogP contribution in [0.1, 0.15) is 60.5 Å². The van der Waals surface area contributed by atoms with Crippen LogP contribution in [-0.4, -0.2) is 90.4 Å². The molecule has 0 spiro atoms. The number of carbonyl (C=O) groups is 4. The van der Waals surface area contributed by atoms with Gasteiger partial charge in [0, 0.05) is 76.1 Å². The normalized spacial score (nSPS) is 15.9. The maximum atomic E-state index is 14.6. The topological polar surface area (TPSA) is 244 Å². The molecule has 10 heterocycles. The molecule has 18 nitrogen and oxygen atoms in total. The molecule has 17 rings (SSSR count). The molecule has 4 N–H and O–H groups in total. The van der Waals surface area contributed by atoms with E-state index in [9.17, 15) is 19.2 Å². The minimum absolute atomic E-state index is 0.226. The second-order valence-electron chi connectivity index (χ2n) is 26.5. The first-order chi connectivity index (χ1) is 53.9. The molecule has 6 aromatic carbocycles. The minimum atomic E-state index is -1.00. The van der Waals surface area contributed by atoms with Crippen molar-refractivity contribution in [2.24, 2.45) is 9.98 Å². The van der Waals surface area contributed by atoms with E-state index in [2.05, 4.69) is 79.3 Å². The van der Waals surface area contributed by atoms with Crippen molar-refractivity contribution in [3.05, 3.63) is 346 Å². The van der Waals surface area contributed by atoms with Crippen molar-refractivity contribution < 1.29 is 19.2 Å². The summed E-state index contributed by atoms with van der Waals surface area (Å²) in [5.74, 6) is -1.71. The Bertz CT molecular complexity index is 6030. The number of carbonyl (C=O) groups excluding carboxylic acids is 4. The van der Waals surface area contributed by atoms with Crippen molar-refractivity contribution in [2.75, 3.05) is 10.6 Å². The molecule has 110 heavy (non-hydrogen) atoms. The van der Waals surface area contributed by atoms with Crippen LogP contribution >= 0.6 is 46.2 Å². The van der Waals surface area contributed by atoms with Crippen LogP contribution in [0.2, 0.25) is 0 Å². The van der Waals surface area contributed by atoms with Crippen LogP contribution in [0.3, 0.4) is 0 Å². The van der Waals surface area contributed by atoms with Crippen LogP contribution in [-0.2, 0) is 27.2 Å². The van der Waals surface area contributed by atoms with Crippen LogP contribution in [0.4, 0.5) is 11.4 Å². The van der Waals surface area contributed by atoms with Gasteiger partial charge in [-0.2, -0.15) is 0 Å². The van der Waals surface area contributed by atoms with E-state index in [1.807, 2.05) is 218 Å². The fourth-order valence-corrected chi connectivity index (χ4v) is 19.0. The maximum absolute atomic E-state index is 14.6. The van der Waals surface area contributed by atoms with Gasteiger partial charge in [-0.1, -0.05) is 181 Å². The van der Waals surface area contributed by atoms with E-state index < -0.39 is 45.2 Å². The van der Waals surface area contributed by atoms with Crippen LogP contribution in [0.15, 0.2) is 302 Å². The lowest BCUT2D eigenvalue weighted by molar-refractivity contribution is -0.118. The average molecular weight is 1510 g/mol. The van der Waals surface area contributed by atoms with Gasteiger partial charge in [0.05, 0.1) is 83.0 Å². The lowest BCUT2D eigenvalue weighted by Gasteiger charge is -2.43. The van der Waals surface area contributed by atoms with Crippen molar-refractivity contribution in [1.82, 2.24) is 50.5 Å². The van der Waals surface area contributed by atoms with E-state index in [0.717, 1.165) is 96.7 Å². The Morgan fingerprint density at radius 2 is 0.809 bits per heavy atom. The van der Waals surface area contributed by atoms with Crippen molar-refractivity contribution in [1.29, 1.82) is 0 Å². The molecule has 0 saturated heterocycles. The smallest absolute Gasteiger partial charge is 0.253 e. The standard InChI is InChI=1S/C88H64N14O4S4/c1-53-76(100-84(107-53)58-35-41-62(42-36-58)93-81(105)72(49-54-21-7-3-8-22-54)97-79(103)60-39-45-66(91-51-60)70-33-19-31-68(95-70)64-29-15-17-47-89-64)88-77(101-86(110-88)57-27-13-6-14-28-57)74-75(108-83(99-74)56-25-11-5-12-26-56)78-87(88,2)109-85(102-78)59-37-43-63(44-38-59)94-82(106)73(50-55-23-9-4-10-24-55)98-80(104)61-40-46-67(92-52-61)71-34-20-32-69(96-71)65-30-16-18-48-90-65/h3-48,51-52,72-73H,49-50H2,1-2H3,(H,93,105)(H,94,106)(H,97,103)(H,98,104)/t72?,73?,87-,88-/m1/s1. The number of thioether (sulfide) groups is 2. The summed E-state index contributed by atoms with van der Waals surface area (Å²) in [5, 5.41) is 16.2. The fourth-order valence-electron chi connectivity index (χ4n) is 13.6. The molecule has 0 radical (unpaired) electrons. The molecule has 4 atom stereocenters. The first-order valence-corrected chi connectivity index (χ1v) is 38.8. The Hall–Kier alpha value is -12.9. The first-order valence-electron chi connectivity index (χ1n) is 35.5. The molecular formula is C88H64N14O4S4. The van der Waals surface area contributed by atoms with Crippen molar-refractivity contribution in [2.45, 2.75) is 48.3 Å². The quantitative estimate of drug-likeness (QED) is 0.0523. The Morgan fingerprint density at radius 3 is 1.29 bits per heavy atom. The number of benzene rings is 6. The number of aryl methyl sites for hydroxylation is 1. The van der Waals surface area contributed by atoms with Crippen LogP contribution < -0.4 is 31.1 Å². The predicted octanol–water partition coefficient (Wildman–Crippen LogP) is 15.5. The van der Waals surface area contributed by atoms with Gasteiger partial charge in [0.25, 0.3) is 11.8 Å². The molecule has 3 aliphatic rings. The number of anilines is 2. The number of aliphatic imine (C=N–C) groups is 2. The Kier molecular flexibility index (Phi) is 19.4. The van der Waals surface area contributed by atoms with Gasteiger partial charge in [-0.05, 0) is 134 Å². The largest absolute Gasteiger partial charge is 0.340 e. The SMILES string of the molecule is Cc1sc(-c2ccc(NC(=O)C(Cc3ccccc3)NC(=O)c3ccc(-c4cccc(-c5ccccn5)n4)nc3)cc2)nc1[C@@]12SC(c3ccccc3)=NC1=c1nc(-c3ccccc3)sc1=C1N=C(c3ccc(NC(=O)C(Cc4ccccc4)NC(=O)c4ccc(-c5cccc(-c6ccccn6)n5)nc4)cc3)S[C@]12C. The number of hydrogen-bond donors (Lipinski definition) is 4. The number of amides is 4. The summed E-state index contributed by atoms with van der Waals surface area (Å²) in [6.07, 6.45) is 6.89. The molecule has 0 fully saturated rings. The van der Waals surface area contributed by atoms with Gasteiger partial charge in [0.15, 0.2) is 0 Å². The van der Waals surface area contributed by atoms with Crippen LogP contribution in [0.5, 0.6) is 0 Å². The third-order valence-electron chi connectivity index (χ3n) is 19.2. The number of nitrogens with one attached hydrogen (secondary N) is 4. The number of nitrogens with zero attached hydrogens (tertiary/aromatic N) is 10. The van der Waals surface area contributed by atoms with Gasteiger partial charge in [0.2, 0.25) is 11.8 Å². The third kappa shape index (κ3) is 14.1. The molecule has 0 bridgehead atoms. The number of rotatable bonds is 21. The molecule has 2 aliphatic heterocycles. The van der Waals surface area contributed by atoms with Crippen molar-refractivity contribution in [3.8, 4) is 66.7 Å². The second kappa shape index (κ2) is 30.4. The van der Waals surface area contributed by atoms with Crippen molar-refractivity contribution in [3.63, 3.8) is 0 Å². The highest BCUT2D eigenvalue weighted by Gasteiger charge is 2.65. The molecule has 8 aromatic heterocycles. The summed E-state index contributed by atoms with van der Waals surface area (Å²) in [5.41, 5.74) is 14.7. The lowest BCUT2D eigenvalue weighted by atomic mass is 9.80. The van der Waals surface area contributed by atoms with Crippen LogP contribution in [0.25, 0.3) is 78.1 Å². The number of hydrogen-bond acceptors (Lipinski definition) is 18. The minimum Gasteiger partial charge on any atom is -0.340 e. The zero-order valence-electron chi connectivity index (χ0n) is 59.0. The molecule has 4 amide bonds. The monoisotopic (exact) mass is 1510 g/mol. The number of fused-ring (bicyclic) bond motifs is 4. The summed E-state index contributed by atoms with van der Waals surface area (Å²) in [6.45, 7) is 4.37. The number of aromatic nitrogens is 8. The highest BCUT2D eigenvalue weighted by atomic mass is 32.2. The molecule has 22 heteroatoms. The maximum Gasteiger partial charge on any atom is 0.253 e. The highest BCUT2D eigenvalue weighted by Crippen LogP contribution is 2.68. The van der Waals surface area contributed by atoms with E-state index in [4.69, 9.17) is 29.9 Å². The van der Waals surface area contributed by atoms with E-state index in [0.29, 0.717) is 45.5 Å². The summed E-state index contributed by atoms with van der Waals surface area (Å²) in [4.78, 5) is 108. The first kappa shape index (κ1) is 70.1. The van der Waals surface area contributed by atoms with Gasteiger partial charge >= 0.3 is 0 Å². The van der Waals surface area contributed by atoms with Gasteiger partial charge < -0.3 is 21.3 Å². The van der Waals surface area contributed by atoms with Gasteiger partial charge in [-0.25, -0.2) is 29.9 Å². The molecule has 14 aromatic rings. The number of pyridine rings is 6. The average Bonchev–Trinajstić information content (AvgIpc) is 1.49.